The Kier molecular flexibility index (Phi) is 4.99. The molecule has 0 aromatic carbocycles. The number of aryl methyl sites for hydroxylation is 1. The van der Waals surface area contributed by atoms with Crippen molar-refractivity contribution in [2.45, 2.75) is 64.5 Å². The van der Waals surface area contributed by atoms with Gasteiger partial charge in [-0.1, -0.05) is 38.2 Å². The Balaban J connectivity index is 1.79. The Hall–Kier alpha value is -0.890. The third-order valence-corrected chi connectivity index (χ3v) is 3.63. The highest BCUT2D eigenvalue weighted by molar-refractivity contribution is 5.16. The third-order valence-electron chi connectivity index (χ3n) is 3.63. The van der Waals surface area contributed by atoms with E-state index in [4.69, 9.17) is 0 Å². The highest BCUT2D eigenvalue weighted by Gasteiger charge is 2.10. The fourth-order valence-electron chi connectivity index (χ4n) is 2.64. The third kappa shape index (κ3) is 4.47. The maximum Gasteiger partial charge on any atom is 0.0313 e. The van der Waals surface area contributed by atoms with Gasteiger partial charge in [-0.15, -0.1) is 0 Å². The molecular weight excluding hydrogens is 208 g/mol. The zero-order chi connectivity index (χ0) is 11.9. The van der Waals surface area contributed by atoms with E-state index < -0.39 is 0 Å². The maximum atomic E-state index is 4.24. The van der Waals surface area contributed by atoms with E-state index in [1.807, 2.05) is 12.4 Å². The molecule has 1 aliphatic carbocycles. The first kappa shape index (κ1) is 12.6. The predicted octanol–water partition coefficient (Wildman–Crippen LogP) is 3.59. The number of rotatable bonds is 3. The van der Waals surface area contributed by atoms with Crippen LogP contribution in [-0.4, -0.2) is 11.0 Å². The highest BCUT2D eigenvalue weighted by Crippen LogP contribution is 2.17. The Morgan fingerprint density at radius 1 is 1.12 bits per heavy atom. The topological polar surface area (TPSA) is 24.9 Å². The first-order chi connectivity index (χ1) is 8.34. The number of pyridine rings is 1. The van der Waals surface area contributed by atoms with Crippen LogP contribution in [0.1, 0.15) is 56.1 Å². The molecule has 0 unspecified atom stereocenters. The summed E-state index contributed by atoms with van der Waals surface area (Å²) in [7, 11) is 0. The molecule has 1 heterocycles. The molecule has 2 rings (SSSR count). The molecule has 0 radical (unpaired) electrons. The fourth-order valence-corrected chi connectivity index (χ4v) is 2.64. The molecule has 0 saturated heterocycles. The standard InChI is InChI=1S/C15H24N2/c1-13-9-14(11-16-10-13)12-17-15-7-5-3-2-4-6-8-15/h9-11,15,17H,2-8,12H2,1H3. The van der Waals surface area contributed by atoms with Crippen molar-refractivity contribution in [1.29, 1.82) is 0 Å². The number of nitrogens with one attached hydrogen (secondary N) is 1. The smallest absolute Gasteiger partial charge is 0.0313 e. The van der Waals surface area contributed by atoms with Crippen LogP contribution >= 0.6 is 0 Å². The molecule has 94 valence electrons. The summed E-state index contributed by atoms with van der Waals surface area (Å²) < 4.78 is 0. The number of aromatic nitrogens is 1. The van der Waals surface area contributed by atoms with Crippen molar-refractivity contribution in [3.05, 3.63) is 29.6 Å². The Morgan fingerprint density at radius 2 is 1.82 bits per heavy atom. The van der Waals surface area contributed by atoms with Gasteiger partial charge in [0.25, 0.3) is 0 Å². The highest BCUT2D eigenvalue weighted by atomic mass is 14.9. The van der Waals surface area contributed by atoms with Gasteiger partial charge in [0.1, 0.15) is 0 Å². The van der Waals surface area contributed by atoms with Gasteiger partial charge in [-0.3, -0.25) is 4.98 Å². The molecule has 0 atom stereocenters. The van der Waals surface area contributed by atoms with Gasteiger partial charge in [0, 0.05) is 25.0 Å². The first-order valence-electron chi connectivity index (χ1n) is 6.98. The van der Waals surface area contributed by atoms with Gasteiger partial charge < -0.3 is 5.32 Å². The minimum atomic E-state index is 0.718. The minimum absolute atomic E-state index is 0.718. The molecule has 0 amide bonds. The number of hydrogen-bond donors (Lipinski definition) is 1. The van der Waals surface area contributed by atoms with Crippen molar-refractivity contribution in [1.82, 2.24) is 10.3 Å². The first-order valence-corrected chi connectivity index (χ1v) is 6.98. The maximum absolute atomic E-state index is 4.24. The van der Waals surface area contributed by atoms with Crippen molar-refractivity contribution in [2.75, 3.05) is 0 Å². The second kappa shape index (κ2) is 6.75. The van der Waals surface area contributed by atoms with Gasteiger partial charge >= 0.3 is 0 Å². The summed E-state index contributed by atoms with van der Waals surface area (Å²) in [5.74, 6) is 0. The van der Waals surface area contributed by atoms with E-state index in [0.717, 1.165) is 12.6 Å². The van der Waals surface area contributed by atoms with E-state index in [-0.39, 0.29) is 0 Å². The summed E-state index contributed by atoms with van der Waals surface area (Å²) in [5.41, 5.74) is 2.56. The predicted molar refractivity (Wildman–Crippen MR) is 71.9 cm³/mol. The van der Waals surface area contributed by atoms with E-state index in [1.165, 1.54) is 56.1 Å². The Labute approximate surface area is 105 Å². The van der Waals surface area contributed by atoms with Gasteiger partial charge in [0.15, 0.2) is 0 Å². The molecule has 2 heteroatoms. The van der Waals surface area contributed by atoms with Crippen molar-refractivity contribution < 1.29 is 0 Å². The minimum Gasteiger partial charge on any atom is -0.310 e. The van der Waals surface area contributed by atoms with Crippen LogP contribution in [0.15, 0.2) is 18.5 Å². The Bertz CT molecular complexity index is 327. The molecule has 1 saturated carbocycles. The van der Waals surface area contributed by atoms with Crippen LogP contribution in [0, 0.1) is 6.92 Å². The van der Waals surface area contributed by atoms with Crippen LogP contribution in [-0.2, 0) is 6.54 Å². The van der Waals surface area contributed by atoms with Crippen LogP contribution < -0.4 is 5.32 Å². The summed E-state index contributed by atoms with van der Waals surface area (Å²) in [4.78, 5) is 4.24. The summed E-state index contributed by atoms with van der Waals surface area (Å²) >= 11 is 0. The quantitative estimate of drug-likeness (QED) is 0.861. The zero-order valence-corrected chi connectivity index (χ0v) is 10.9. The molecule has 2 nitrogen and oxygen atoms in total. The monoisotopic (exact) mass is 232 g/mol. The number of hydrogen-bond acceptors (Lipinski definition) is 2. The van der Waals surface area contributed by atoms with Crippen LogP contribution in [0.25, 0.3) is 0 Å². The van der Waals surface area contributed by atoms with Gasteiger partial charge in [-0.05, 0) is 30.9 Å². The van der Waals surface area contributed by atoms with E-state index in [0.29, 0.717) is 0 Å². The molecule has 17 heavy (non-hydrogen) atoms. The second-order valence-corrected chi connectivity index (χ2v) is 5.29. The van der Waals surface area contributed by atoms with Crippen LogP contribution in [0.2, 0.25) is 0 Å². The van der Waals surface area contributed by atoms with Gasteiger partial charge in [-0.2, -0.15) is 0 Å². The summed E-state index contributed by atoms with van der Waals surface area (Å²) in [6, 6.07) is 2.94. The average molecular weight is 232 g/mol. The average Bonchev–Trinajstić information content (AvgIpc) is 2.27. The Morgan fingerprint density at radius 3 is 2.53 bits per heavy atom. The lowest BCUT2D eigenvalue weighted by Crippen LogP contribution is -2.29. The molecular formula is C15H24N2. The largest absolute Gasteiger partial charge is 0.310 e. The molecule has 0 spiro atoms. The SMILES string of the molecule is Cc1cncc(CNC2CCCCCCC2)c1. The van der Waals surface area contributed by atoms with E-state index in [2.05, 4.69) is 23.3 Å². The lowest BCUT2D eigenvalue weighted by atomic mass is 9.96. The summed E-state index contributed by atoms with van der Waals surface area (Å²) in [6.45, 7) is 3.08. The molecule has 0 aliphatic heterocycles. The van der Waals surface area contributed by atoms with Crippen molar-refractivity contribution >= 4 is 0 Å². The lowest BCUT2D eigenvalue weighted by molar-refractivity contribution is 0.389. The second-order valence-electron chi connectivity index (χ2n) is 5.29. The van der Waals surface area contributed by atoms with Crippen molar-refractivity contribution in [2.24, 2.45) is 0 Å². The normalized spacial score (nSPS) is 18.6. The van der Waals surface area contributed by atoms with Crippen LogP contribution in [0.4, 0.5) is 0 Å². The molecule has 1 aromatic rings. The van der Waals surface area contributed by atoms with Gasteiger partial charge in [0.05, 0.1) is 0 Å². The van der Waals surface area contributed by atoms with E-state index >= 15 is 0 Å². The van der Waals surface area contributed by atoms with Crippen molar-refractivity contribution in [3.63, 3.8) is 0 Å². The lowest BCUT2D eigenvalue weighted by Gasteiger charge is -2.21. The molecule has 1 fully saturated rings. The zero-order valence-electron chi connectivity index (χ0n) is 10.9. The van der Waals surface area contributed by atoms with Gasteiger partial charge in [-0.25, -0.2) is 0 Å². The molecule has 1 N–H and O–H groups in total. The molecule has 0 bridgehead atoms. The summed E-state index contributed by atoms with van der Waals surface area (Å²) in [6.07, 6.45) is 13.6. The molecule has 1 aromatic heterocycles. The number of nitrogens with zero attached hydrogens (tertiary/aromatic N) is 1. The van der Waals surface area contributed by atoms with Crippen LogP contribution in [0.5, 0.6) is 0 Å². The van der Waals surface area contributed by atoms with E-state index in [9.17, 15) is 0 Å². The fraction of sp³-hybridized carbons (Fsp3) is 0.667. The molecule has 1 aliphatic rings. The van der Waals surface area contributed by atoms with Crippen LogP contribution in [0.3, 0.4) is 0 Å². The summed E-state index contributed by atoms with van der Waals surface area (Å²) in [5, 5.41) is 3.69. The van der Waals surface area contributed by atoms with E-state index in [1.54, 1.807) is 0 Å². The van der Waals surface area contributed by atoms with Crippen molar-refractivity contribution in [3.8, 4) is 0 Å². The van der Waals surface area contributed by atoms with Gasteiger partial charge in [0.2, 0.25) is 0 Å².